The van der Waals surface area contributed by atoms with Gasteiger partial charge in [0.25, 0.3) is 0 Å². The number of benzene rings is 1. The van der Waals surface area contributed by atoms with E-state index in [0.717, 1.165) is 0 Å². The van der Waals surface area contributed by atoms with E-state index in [-0.39, 0.29) is 0 Å². The van der Waals surface area contributed by atoms with Gasteiger partial charge >= 0.3 is 0 Å². The summed E-state index contributed by atoms with van der Waals surface area (Å²) in [6.07, 6.45) is 4.17. The first-order chi connectivity index (χ1) is 7.05. The summed E-state index contributed by atoms with van der Waals surface area (Å²) in [5.74, 6) is 0. The Balaban J connectivity index is 2.38. The standard InChI is InChI=1S/C13H14O2/c1-9-5-4-6-10-11(9)13(3)8-7-12(10,2)14-15-13/h4-8H,1-3H3/t12-,13+/m0/s1. The fourth-order valence-electron chi connectivity index (χ4n) is 2.55. The van der Waals surface area contributed by atoms with Gasteiger partial charge in [0.2, 0.25) is 0 Å². The van der Waals surface area contributed by atoms with Gasteiger partial charge < -0.3 is 0 Å². The van der Waals surface area contributed by atoms with Crippen molar-refractivity contribution in [3.8, 4) is 0 Å². The third kappa shape index (κ3) is 1.01. The molecular formula is C13H14O2. The molecule has 2 heterocycles. The number of fused-ring (bicyclic) bond motifs is 1. The fraction of sp³-hybridized carbons (Fsp3) is 0.385. The molecule has 0 radical (unpaired) electrons. The lowest BCUT2D eigenvalue weighted by Crippen LogP contribution is -2.44. The highest BCUT2D eigenvalue weighted by molar-refractivity contribution is 5.50. The molecule has 2 bridgehead atoms. The lowest BCUT2D eigenvalue weighted by molar-refractivity contribution is -0.415. The molecule has 0 saturated carbocycles. The van der Waals surface area contributed by atoms with Crippen LogP contribution in [0, 0.1) is 6.92 Å². The topological polar surface area (TPSA) is 18.5 Å². The van der Waals surface area contributed by atoms with Crippen molar-refractivity contribution >= 4 is 0 Å². The van der Waals surface area contributed by atoms with Crippen LogP contribution < -0.4 is 0 Å². The molecule has 2 aliphatic heterocycles. The number of aryl methyl sites for hydroxylation is 1. The van der Waals surface area contributed by atoms with Crippen LogP contribution in [0.15, 0.2) is 30.4 Å². The molecule has 4 rings (SSSR count). The molecule has 0 N–H and O–H groups in total. The minimum Gasteiger partial charge on any atom is -0.220 e. The molecule has 15 heavy (non-hydrogen) atoms. The highest BCUT2D eigenvalue weighted by Gasteiger charge is 2.47. The lowest BCUT2D eigenvalue weighted by atomic mass is 9.75. The maximum Gasteiger partial charge on any atom is 0.145 e. The smallest absolute Gasteiger partial charge is 0.145 e. The van der Waals surface area contributed by atoms with Crippen molar-refractivity contribution < 1.29 is 9.78 Å². The Bertz CT molecular complexity index is 464. The van der Waals surface area contributed by atoms with Crippen molar-refractivity contribution in [1.82, 2.24) is 0 Å². The van der Waals surface area contributed by atoms with E-state index in [0.29, 0.717) is 0 Å². The Labute approximate surface area is 89.4 Å². The summed E-state index contributed by atoms with van der Waals surface area (Å²) >= 11 is 0. The number of rotatable bonds is 0. The van der Waals surface area contributed by atoms with E-state index in [4.69, 9.17) is 9.78 Å². The lowest BCUT2D eigenvalue weighted by Gasteiger charge is -2.46. The molecule has 78 valence electrons. The molecule has 0 saturated heterocycles. The Morgan fingerprint density at radius 2 is 1.67 bits per heavy atom. The van der Waals surface area contributed by atoms with Gasteiger partial charge in [-0.2, -0.15) is 0 Å². The van der Waals surface area contributed by atoms with E-state index in [9.17, 15) is 0 Å². The van der Waals surface area contributed by atoms with Crippen molar-refractivity contribution in [2.75, 3.05) is 0 Å². The molecule has 1 aromatic carbocycles. The van der Waals surface area contributed by atoms with Gasteiger partial charge in [0.05, 0.1) is 0 Å². The molecular weight excluding hydrogens is 188 g/mol. The maximum absolute atomic E-state index is 5.49. The van der Waals surface area contributed by atoms with Crippen LogP contribution in [-0.2, 0) is 21.0 Å². The highest BCUT2D eigenvalue weighted by Crippen LogP contribution is 2.49. The third-order valence-electron chi connectivity index (χ3n) is 3.41. The van der Waals surface area contributed by atoms with E-state index < -0.39 is 11.2 Å². The Hall–Kier alpha value is -1.12. The van der Waals surface area contributed by atoms with Crippen LogP contribution in [-0.4, -0.2) is 0 Å². The third-order valence-corrected chi connectivity index (χ3v) is 3.41. The van der Waals surface area contributed by atoms with Gasteiger partial charge in [-0.1, -0.05) is 18.2 Å². The Morgan fingerprint density at radius 1 is 1.00 bits per heavy atom. The molecule has 0 amide bonds. The van der Waals surface area contributed by atoms with Gasteiger partial charge in [0.1, 0.15) is 11.2 Å². The fourth-order valence-corrected chi connectivity index (χ4v) is 2.55. The SMILES string of the molecule is Cc1cccc2c1[C@@]1(C)C=C[C@]2(C)OO1. The summed E-state index contributed by atoms with van der Waals surface area (Å²) in [5, 5.41) is 0. The van der Waals surface area contributed by atoms with E-state index in [2.05, 4.69) is 37.3 Å². The van der Waals surface area contributed by atoms with Crippen LogP contribution in [0.25, 0.3) is 0 Å². The molecule has 1 aromatic rings. The van der Waals surface area contributed by atoms with Crippen LogP contribution in [0.4, 0.5) is 0 Å². The molecule has 2 atom stereocenters. The quantitative estimate of drug-likeness (QED) is 0.475. The second kappa shape index (κ2) is 2.52. The average molecular weight is 202 g/mol. The van der Waals surface area contributed by atoms with Crippen LogP contribution in [0.1, 0.15) is 30.5 Å². The molecule has 0 fully saturated rings. The van der Waals surface area contributed by atoms with Gasteiger partial charge in [0, 0.05) is 5.56 Å². The van der Waals surface area contributed by atoms with Crippen LogP contribution in [0.3, 0.4) is 0 Å². The van der Waals surface area contributed by atoms with Gasteiger partial charge in [-0.3, -0.25) is 0 Å². The average Bonchev–Trinajstić information content (AvgIpc) is 2.22. The number of hydrogen-bond acceptors (Lipinski definition) is 2. The van der Waals surface area contributed by atoms with Crippen LogP contribution in [0.2, 0.25) is 0 Å². The molecule has 0 spiro atoms. The zero-order valence-corrected chi connectivity index (χ0v) is 9.20. The van der Waals surface area contributed by atoms with Gasteiger partial charge in [-0.15, -0.1) is 0 Å². The highest BCUT2D eigenvalue weighted by atomic mass is 17.2. The van der Waals surface area contributed by atoms with Crippen molar-refractivity contribution in [3.05, 3.63) is 47.0 Å². The van der Waals surface area contributed by atoms with Crippen LogP contribution >= 0.6 is 0 Å². The first-order valence-electron chi connectivity index (χ1n) is 5.23. The first-order valence-corrected chi connectivity index (χ1v) is 5.23. The molecule has 0 unspecified atom stereocenters. The Kier molecular flexibility index (Phi) is 1.53. The normalized spacial score (nSPS) is 36.7. The summed E-state index contributed by atoms with van der Waals surface area (Å²) in [4.78, 5) is 10.9. The minimum atomic E-state index is -0.418. The predicted molar refractivity (Wildman–Crippen MR) is 57.2 cm³/mol. The second-order valence-corrected chi connectivity index (χ2v) is 4.71. The van der Waals surface area contributed by atoms with E-state index in [1.54, 1.807) is 0 Å². The van der Waals surface area contributed by atoms with E-state index in [1.807, 2.05) is 13.8 Å². The monoisotopic (exact) mass is 202 g/mol. The molecule has 0 aromatic heterocycles. The van der Waals surface area contributed by atoms with Crippen molar-refractivity contribution in [1.29, 1.82) is 0 Å². The zero-order valence-electron chi connectivity index (χ0n) is 9.20. The summed E-state index contributed by atoms with van der Waals surface area (Å²) in [6, 6.07) is 6.30. The first kappa shape index (κ1) is 9.13. The van der Waals surface area contributed by atoms with Gasteiger partial charge in [0.15, 0.2) is 0 Å². The predicted octanol–water partition coefficient (Wildman–Crippen LogP) is 2.96. The number of hydrogen-bond donors (Lipinski definition) is 0. The minimum absolute atomic E-state index is 0.418. The molecule has 1 aliphatic carbocycles. The molecule has 2 nitrogen and oxygen atoms in total. The summed E-state index contributed by atoms with van der Waals surface area (Å²) < 4.78 is 0. The van der Waals surface area contributed by atoms with Crippen LogP contribution in [0.5, 0.6) is 0 Å². The van der Waals surface area contributed by atoms with Crippen molar-refractivity contribution in [2.24, 2.45) is 0 Å². The van der Waals surface area contributed by atoms with E-state index in [1.165, 1.54) is 16.7 Å². The van der Waals surface area contributed by atoms with Gasteiger partial charge in [-0.25, -0.2) is 9.78 Å². The summed E-state index contributed by atoms with van der Waals surface area (Å²) in [7, 11) is 0. The van der Waals surface area contributed by atoms with Gasteiger partial charge in [-0.05, 0) is 44.1 Å². The second-order valence-electron chi connectivity index (χ2n) is 4.71. The zero-order chi connectivity index (χ0) is 10.7. The Morgan fingerprint density at radius 3 is 2.27 bits per heavy atom. The van der Waals surface area contributed by atoms with E-state index >= 15 is 0 Å². The van der Waals surface area contributed by atoms with Crippen molar-refractivity contribution in [3.63, 3.8) is 0 Å². The summed E-state index contributed by atoms with van der Waals surface area (Å²) in [6.45, 7) is 6.18. The summed E-state index contributed by atoms with van der Waals surface area (Å²) in [5.41, 5.74) is 2.89. The largest absolute Gasteiger partial charge is 0.220 e. The maximum atomic E-state index is 5.49. The molecule has 2 heteroatoms. The molecule has 3 aliphatic rings. The van der Waals surface area contributed by atoms with Crippen molar-refractivity contribution in [2.45, 2.75) is 32.0 Å².